The first-order valence-electron chi connectivity index (χ1n) is 11.5. The van der Waals surface area contributed by atoms with E-state index in [1.807, 2.05) is 17.0 Å². The van der Waals surface area contributed by atoms with Gasteiger partial charge in [0.25, 0.3) is 5.91 Å². The Morgan fingerprint density at radius 3 is 2.06 bits per heavy atom. The standard InChI is InChI=1S/C25H33N3O3S/c1-19-16-20(2)18-28(17-19)32(30,31)23-10-8-22(9-11-23)25(29)27-14-12-26(13-15-27)24-7-5-4-6-21(24)3/h4-11,19-20H,12-18H2,1-3H3/t19-,20-/m0/s1. The molecule has 0 N–H and O–H groups in total. The zero-order chi connectivity index (χ0) is 22.9. The minimum atomic E-state index is -3.54. The highest BCUT2D eigenvalue weighted by molar-refractivity contribution is 7.89. The molecule has 6 nitrogen and oxygen atoms in total. The number of benzene rings is 2. The van der Waals surface area contributed by atoms with E-state index < -0.39 is 10.0 Å². The molecule has 32 heavy (non-hydrogen) atoms. The van der Waals surface area contributed by atoms with Crippen LogP contribution < -0.4 is 4.90 Å². The lowest BCUT2D eigenvalue weighted by atomic mass is 9.94. The van der Waals surface area contributed by atoms with Crippen LogP contribution in [0.4, 0.5) is 5.69 Å². The summed E-state index contributed by atoms with van der Waals surface area (Å²) < 4.78 is 27.8. The molecule has 2 aromatic carbocycles. The average Bonchev–Trinajstić information content (AvgIpc) is 2.78. The second kappa shape index (κ2) is 9.24. The molecule has 2 atom stereocenters. The number of anilines is 1. The first kappa shape index (κ1) is 22.8. The quantitative estimate of drug-likeness (QED) is 0.707. The summed E-state index contributed by atoms with van der Waals surface area (Å²) in [6.45, 7) is 10.3. The van der Waals surface area contributed by atoms with E-state index in [1.54, 1.807) is 28.6 Å². The summed E-state index contributed by atoms with van der Waals surface area (Å²) in [7, 11) is -3.54. The van der Waals surface area contributed by atoms with E-state index in [0.717, 1.165) is 19.5 Å². The normalized spacial score (nSPS) is 22.7. The minimum Gasteiger partial charge on any atom is -0.368 e. The van der Waals surface area contributed by atoms with Gasteiger partial charge in [-0.15, -0.1) is 0 Å². The maximum Gasteiger partial charge on any atom is 0.253 e. The number of amides is 1. The van der Waals surface area contributed by atoms with Gasteiger partial charge in [-0.3, -0.25) is 4.79 Å². The van der Waals surface area contributed by atoms with Crippen LogP contribution in [0.3, 0.4) is 0 Å². The largest absolute Gasteiger partial charge is 0.368 e. The fourth-order valence-corrected chi connectivity index (χ4v) is 6.65. The fraction of sp³-hybridized carbons (Fsp3) is 0.480. The van der Waals surface area contributed by atoms with E-state index in [4.69, 9.17) is 0 Å². The molecule has 0 radical (unpaired) electrons. The molecule has 0 saturated carbocycles. The number of rotatable bonds is 4. The summed E-state index contributed by atoms with van der Waals surface area (Å²) >= 11 is 0. The summed E-state index contributed by atoms with van der Waals surface area (Å²) in [5.41, 5.74) is 2.99. The van der Waals surface area contributed by atoms with Crippen molar-refractivity contribution in [3.63, 3.8) is 0 Å². The topological polar surface area (TPSA) is 60.9 Å². The highest BCUT2D eigenvalue weighted by atomic mass is 32.2. The molecule has 1 amide bonds. The molecule has 4 rings (SSSR count). The van der Waals surface area contributed by atoms with Crippen molar-refractivity contribution < 1.29 is 13.2 Å². The van der Waals surface area contributed by atoms with Crippen molar-refractivity contribution in [1.82, 2.24) is 9.21 Å². The van der Waals surface area contributed by atoms with Gasteiger partial charge in [-0.25, -0.2) is 8.42 Å². The number of hydrogen-bond acceptors (Lipinski definition) is 4. The van der Waals surface area contributed by atoms with Gasteiger partial charge in [0.1, 0.15) is 0 Å². The zero-order valence-corrected chi connectivity index (χ0v) is 20.0. The van der Waals surface area contributed by atoms with Crippen LogP contribution in [0, 0.1) is 18.8 Å². The van der Waals surface area contributed by atoms with Crippen LogP contribution in [0.2, 0.25) is 0 Å². The summed E-state index contributed by atoms with van der Waals surface area (Å²) in [4.78, 5) is 17.4. The third-order valence-electron chi connectivity index (χ3n) is 6.60. The Bertz CT molecular complexity index is 1050. The van der Waals surface area contributed by atoms with Crippen molar-refractivity contribution in [2.45, 2.75) is 32.1 Å². The highest BCUT2D eigenvalue weighted by Gasteiger charge is 2.32. The van der Waals surface area contributed by atoms with E-state index in [-0.39, 0.29) is 10.8 Å². The lowest BCUT2D eigenvalue weighted by molar-refractivity contribution is 0.0746. The Hall–Kier alpha value is -2.38. The Kier molecular flexibility index (Phi) is 6.58. The molecule has 0 bridgehead atoms. The van der Waals surface area contributed by atoms with Gasteiger partial charge in [0.05, 0.1) is 4.90 Å². The molecule has 0 unspecified atom stereocenters. The Morgan fingerprint density at radius 2 is 1.47 bits per heavy atom. The molecule has 2 saturated heterocycles. The molecule has 2 aliphatic rings. The van der Waals surface area contributed by atoms with Crippen LogP contribution >= 0.6 is 0 Å². The van der Waals surface area contributed by atoms with E-state index in [2.05, 4.69) is 37.8 Å². The predicted molar refractivity (Wildman–Crippen MR) is 127 cm³/mol. The molecule has 0 spiro atoms. The highest BCUT2D eigenvalue weighted by Crippen LogP contribution is 2.27. The maximum absolute atomic E-state index is 13.1. The zero-order valence-electron chi connectivity index (χ0n) is 19.2. The summed E-state index contributed by atoms with van der Waals surface area (Å²) in [5.74, 6) is 0.666. The van der Waals surface area contributed by atoms with Gasteiger partial charge in [-0.1, -0.05) is 32.0 Å². The number of aryl methyl sites for hydroxylation is 1. The van der Waals surface area contributed by atoms with Gasteiger partial charge >= 0.3 is 0 Å². The molecule has 0 aliphatic carbocycles. The molecule has 2 fully saturated rings. The van der Waals surface area contributed by atoms with Gasteiger partial charge in [0.15, 0.2) is 0 Å². The summed E-state index contributed by atoms with van der Waals surface area (Å²) in [5, 5.41) is 0. The smallest absolute Gasteiger partial charge is 0.253 e. The number of carbonyl (C=O) groups is 1. The molecular formula is C25H33N3O3S. The van der Waals surface area contributed by atoms with Crippen molar-refractivity contribution in [3.8, 4) is 0 Å². The molecule has 0 aromatic heterocycles. The second-order valence-electron chi connectivity index (χ2n) is 9.36. The van der Waals surface area contributed by atoms with E-state index in [0.29, 0.717) is 43.6 Å². The van der Waals surface area contributed by atoms with E-state index >= 15 is 0 Å². The van der Waals surface area contributed by atoms with Crippen molar-refractivity contribution in [3.05, 3.63) is 59.7 Å². The van der Waals surface area contributed by atoms with E-state index in [1.165, 1.54) is 11.3 Å². The third-order valence-corrected chi connectivity index (χ3v) is 8.44. The SMILES string of the molecule is Cc1ccccc1N1CCN(C(=O)c2ccc(S(=O)(=O)N3C[C@@H](C)C[C@H](C)C3)cc2)CC1. The number of para-hydroxylation sites is 1. The lowest BCUT2D eigenvalue weighted by Crippen LogP contribution is -2.49. The number of hydrogen-bond donors (Lipinski definition) is 0. The number of nitrogens with zero attached hydrogens (tertiary/aromatic N) is 3. The van der Waals surface area contributed by atoms with Gasteiger partial charge < -0.3 is 9.80 Å². The fourth-order valence-electron chi connectivity index (χ4n) is 4.97. The maximum atomic E-state index is 13.1. The summed E-state index contributed by atoms with van der Waals surface area (Å²) in [6, 6.07) is 14.8. The Morgan fingerprint density at radius 1 is 0.875 bits per heavy atom. The van der Waals surface area contributed by atoms with Crippen LogP contribution in [0.25, 0.3) is 0 Å². The monoisotopic (exact) mass is 455 g/mol. The van der Waals surface area contributed by atoms with Crippen LogP contribution in [-0.4, -0.2) is 62.8 Å². The second-order valence-corrected chi connectivity index (χ2v) is 11.3. The van der Waals surface area contributed by atoms with E-state index in [9.17, 15) is 13.2 Å². The first-order chi connectivity index (χ1) is 15.3. The van der Waals surface area contributed by atoms with Crippen molar-refractivity contribution in [2.24, 2.45) is 11.8 Å². The number of piperazine rings is 1. The Labute approximate surface area is 191 Å². The van der Waals surface area contributed by atoms with Crippen LogP contribution in [-0.2, 0) is 10.0 Å². The lowest BCUT2D eigenvalue weighted by Gasteiger charge is -2.37. The van der Waals surface area contributed by atoms with Gasteiger partial charge in [0, 0.05) is 50.5 Å². The molecular weight excluding hydrogens is 422 g/mol. The van der Waals surface area contributed by atoms with Crippen LogP contribution in [0.5, 0.6) is 0 Å². The molecule has 2 aromatic rings. The molecule has 2 aliphatic heterocycles. The molecule has 7 heteroatoms. The van der Waals surface area contributed by atoms with Crippen molar-refractivity contribution in [2.75, 3.05) is 44.2 Å². The van der Waals surface area contributed by atoms with Gasteiger partial charge in [-0.05, 0) is 61.1 Å². The Balaban J connectivity index is 1.41. The predicted octanol–water partition coefficient (Wildman–Crippen LogP) is 3.62. The summed E-state index contributed by atoms with van der Waals surface area (Å²) in [6.07, 6.45) is 1.05. The van der Waals surface area contributed by atoms with Crippen LogP contribution in [0.15, 0.2) is 53.4 Å². The number of piperidine rings is 1. The van der Waals surface area contributed by atoms with Gasteiger partial charge in [0.2, 0.25) is 10.0 Å². The molecule has 172 valence electrons. The van der Waals surface area contributed by atoms with Crippen molar-refractivity contribution in [1.29, 1.82) is 0 Å². The van der Waals surface area contributed by atoms with Gasteiger partial charge in [-0.2, -0.15) is 4.31 Å². The number of carbonyl (C=O) groups excluding carboxylic acids is 1. The van der Waals surface area contributed by atoms with Crippen LogP contribution in [0.1, 0.15) is 36.2 Å². The van der Waals surface area contributed by atoms with Crippen molar-refractivity contribution >= 4 is 21.6 Å². The third kappa shape index (κ3) is 4.69. The molecule has 2 heterocycles. The number of sulfonamides is 1. The minimum absolute atomic E-state index is 0.0430. The first-order valence-corrected chi connectivity index (χ1v) is 12.9. The average molecular weight is 456 g/mol.